The van der Waals surface area contributed by atoms with E-state index >= 15 is 0 Å². The molecule has 0 spiro atoms. The van der Waals surface area contributed by atoms with Gasteiger partial charge in [0.1, 0.15) is 11.6 Å². The third-order valence-electron chi connectivity index (χ3n) is 10.7. The Balaban J connectivity index is 0.000000201. The Hall–Kier alpha value is -4.40. The van der Waals surface area contributed by atoms with Gasteiger partial charge in [-0.2, -0.15) is 0 Å². The summed E-state index contributed by atoms with van der Waals surface area (Å²) in [6, 6.07) is 30.5. The molecular weight excluding hydrogens is 655 g/mol. The van der Waals surface area contributed by atoms with Crippen LogP contribution in [0, 0.1) is 11.6 Å². The van der Waals surface area contributed by atoms with E-state index in [0.717, 1.165) is 72.4 Å². The van der Waals surface area contributed by atoms with E-state index in [4.69, 9.17) is 0 Å². The van der Waals surface area contributed by atoms with Crippen molar-refractivity contribution in [2.45, 2.75) is 77.5 Å². The number of likely N-dealkylation sites (N-methyl/N-ethyl adjacent to an activating group) is 2. The number of hydrogen-bond acceptors (Lipinski definition) is 4. The molecule has 2 aliphatic heterocycles. The number of nitrogens with zero attached hydrogens (tertiary/aromatic N) is 4. The van der Waals surface area contributed by atoms with Gasteiger partial charge in [-0.05, 0) is 98.2 Å². The number of benzene rings is 4. The maximum absolute atomic E-state index is 13.4. The fraction of sp³-hybridized carbons (Fsp3) is 0.409. The average Bonchev–Trinajstić information content (AvgIpc) is 3.84. The first-order valence-electron chi connectivity index (χ1n) is 18.6. The Kier molecular flexibility index (Phi) is 13.4. The van der Waals surface area contributed by atoms with Crippen LogP contribution in [0.15, 0.2) is 97.1 Å². The highest BCUT2D eigenvalue weighted by Crippen LogP contribution is 2.24. The molecule has 4 aromatic carbocycles. The Bertz CT molecular complexity index is 1760. The Labute approximate surface area is 309 Å². The van der Waals surface area contributed by atoms with Gasteiger partial charge in [-0.15, -0.1) is 0 Å². The first-order chi connectivity index (χ1) is 24.9. The van der Waals surface area contributed by atoms with E-state index in [1.165, 1.54) is 24.3 Å². The highest BCUT2D eigenvalue weighted by Gasteiger charge is 2.30. The van der Waals surface area contributed by atoms with Crippen LogP contribution in [0.25, 0.3) is 22.3 Å². The van der Waals surface area contributed by atoms with Crippen molar-refractivity contribution in [2.75, 3.05) is 40.3 Å². The van der Waals surface area contributed by atoms with Gasteiger partial charge in [-0.25, -0.2) is 8.78 Å². The van der Waals surface area contributed by atoms with Gasteiger partial charge in [0, 0.05) is 64.4 Å². The molecule has 0 aromatic heterocycles. The molecule has 276 valence electrons. The lowest BCUT2D eigenvalue weighted by Gasteiger charge is -2.26. The summed E-state index contributed by atoms with van der Waals surface area (Å²) in [7, 11) is 3.83. The third kappa shape index (κ3) is 10.4. The molecule has 2 aliphatic rings. The summed E-state index contributed by atoms with van der Waals surface area (Å²) in [6.07, 6.45) is 2.90. The first-order valence-corrected chi connectivity index (χ1v) is 18.6. The largest absolute Gasteiger partial charge is 0.341 e. The number of halogens is 2. The van der Waals surface area contributed by atoms with Crippen LogP contribution in [0.3, 0.4) is 0 Å². The molecule has 4 aromatic rings. The minimum atomic E-state index is -0.240. The fourth-order valence-corrected chi connectivity index (χ4v) is 7.05. The normalized spacial score (nSPS) is 17.7. The van der Waals surface area contributed by atoms with E-state index in [9.17, 15) is 18.4 Å². The van der Waals surface area contributed by atoms with Crippen LogP contribution >= 0.6 is 0 Å². The van der Waals surface area contributed by atoms with Crippen molar-refractivity contribution in [2.24, 2.45) is 0 Å². The van der Waals surface area contributed by atoms with E-state index in [0.29, 0.717) is 37.0 Å². The molecule has 0 aliphatic carbocycles. The minimum absolute atomic E-state index is 0.152. The summed E-state index contributed by atoms with van der Waals surface area (Å²) in [5.41, 5.74) is 5.79. The molecule has 0 bridgehead atoms. The zero-order valence-electron chi connectivity index (χ0n) is 31.6. The second-order valence-electron chi connectivity index (χ2n) is 14.8. The van der Waals surface area contributed by atoms with E-state index in [1.807, 2.05) is 78.5 Å². The zero-order valence-corrected chi connectivity index (χ0v) is 31.6. The lowest BCUT2D eigenvalue weighted by molar-refractivity contribution is -0.131. The SMILES string of the molecule is CC(C)N1CCC(N(C)C(=O)Cc2ccc(-c3ccc(F)cc3)cc2)C1.CC(C)N1CCC(N(C)C(=O)Cc2ccc(-c3cccc(F)c3)cc2)C1. The minimum Gasteiger partial charge on any atom is -0.341 e. The third-order valence-corrected chi connectivity index (χ3v) is 10.7. The van der Waals surface area contributed by atoms with Crippen molar-refractivity contribution < 1.29 is 18.4 Å². The van der Waals surface area contributed by atoms with Crippen LogP contribution < -0.4 is 0 Å². The molecular formula is C44H54F2N4O2. The summed E-state index contributed by atoms with van der Waals surface area (Å²) in [6.45, 7) is 12.8. The summed E-state index contributed by atoms with van der Waals surface area (Å²) in [5, 5.41) is 0. The Morgan fingerprint density at radius 1 is 0.596 bits per heavy atom. The van der Waals surface area contributed by atoms with Crippen molar-refractivity contribution in [3.8, 4) is 22.3 Å². The molecule has 8 heteroatoms. The number of amides is 2. The molecule has 6 rings (SSSR count). The molecule has 2 unspecified atom stereocenters. The van der Waals surface area contributed by atoms with Crippen LogP contribution in [-0.2, 0) is 22.4 Å². The molecule has 2 amide bonds. The number of carbonyl (C=O) groups is 2. The lowest BCUT2D eigenvalue weighted by Crippen LogP contribution is -2.40. The van der Waals surface area contributed by atoms with Crippen LogP contribution in [0.4, 0.5) is 8.78 Å². The maximum atomic E-state index is 13.4. The predicted molar refractivity (Wildman–Crippen MR) is 207 cm³/mol. The van der Waals surface area contributed by atoms with Crippen LogP contribution in [0.2, 0.25) is 0 Å². The van der Waals surface area contributed by atoms with Crippen molar-refractivity contribution in [1.82, 2.24) is 19.6 Å². The Morgan fingerprint density at radius 2 is 1.00 bits per heavy atom. The maximum Gasteiger partial charge on any atom is 0.227 e. The second-order valence-corrected chi connectivity index (χ2v) is 14.8. The predicted octanol–water partition coefficient (Wildman–Crippen LogP) is 7.95. The molecule has 0 saturated carbocycles. The van der Waals surface area contributed by atoms with Crippen molar-refractivity contribution >= 4 is 11.8 Å². The number of carbonyl (C=O) groups excluding carboxylic acids is 2. The smallest absolute Gasteiger partial charge is 0.227 e. The molecule has 0 N–H and O–H groups in total. The van der Waals surface area contributed by atoms with Crippen LogP contribution in [0.1, 0.15) is 51.7 Å². The second kappa shape index (κ2) is 17.9. The van der Waals surface area contributed by atoms with Gasteiger partial charge >= 0.3 is 0 Å². The number of hydrogen-bond donors (Lipinski definition) is 0. The average molecular weight is 709 g/mol. The van der Waals surface area contributed by atoms with Gasteiger partial charge in [-0.3, -0.25) is 19.4 Å². The highest BCUT2D eigenvalue weighted by molar-refractivity contribution is 5.80. The molecule has 52 heavy (non-hydrogen) atoms. The fourth-order valence-electron chi connectivity index (χ4n) is 7.05. The molecule has 2 saturated heterocycles. The van der Waals surface area contributed by atoms with Crippen molar-refractivity contribution in [3.05, 3.63) is 120 Å². The summed E-state index contributed by atoms with van der Waals surface area (Å²) in [5.74, 6) is -0.161. The van der Waals surface area contributed by atoms with Crippen molar-refractivity contribution in [3.63, 3.8) is 0 Å². The van der Waals surface area contributed by atoms with Crippen molar-refractivity contribution in [1.29, 1.82) is 0 Å². The highest BCUT2D eigenvalue weighted by atomic mass is 19.1. The molecule has 2 fully saturated rings. The van der Waals surface area contributed by atoms with Crippen LogP contribution in [0.5, 0.6) is 0 Å². The first kappa shape index (κ1) is 38.8. The van der Waals surface area contributed by atoms with Crippen LogP contribution in [-0.4, -0.2) is 95.9 Å². The van der Waals surface area contributed by atoms with Gasteiger partial charge in [-0.1, -0.05) is 72.8 Å². The van der Waals surface area contributed by atoms with Gasteiger partial charge in [0.15, 0.2) is 0 Å². The van der Waals surface area contributed by atoms with E-state index in [2.05, 4.69) is 37.5 Å². The zero-order chi connectivity index (χ0) is 37.4. The van der Waals surface area contributed by atoms with E-state index in [1.54, 1.807) is 18.2 Å². The quantitative estimate of drug-likeness (QED) is 0.168. The van der Waals surface area contributed by atoms with Gasteiger partial charge < -0.3 is 9.80 Å². The van der Waals surface area contributed by atoms with Gasteiger partial charge in [0.25, 0.3) is 0 Å². The number of likely N-dealkylation sites (tertiary alicyclic amines) is 2. The van der Waals surface area contributed by atoms with Gasteiger partial charge in [0.05, 0.1) is 12.8 Å². The standard InChI is InChI=1S/2C22H27FN2O/c1-16(2)25-13-12-21(15-25)24(3)22(26)14-17-4-6-18(7-5-17)19-8-10-20(23)11-9-19;1-16(2)25-12-11-21(15-25)24(3)22(26)13-17-7-9-18(10-8-17)19-5-4-6-20(23)14-19/h4-11,16,21H,12-15H2,1-3H3;4-10,14,16,21H,11-13,15H2,1-3H3. The number of rotatable bonds is 10. The summed E-state index contributed by atoms with van der Waals surface area (Å²) in [4.78, 5) is 33.9. The lowest BCUT2D eigenvalue weighted by atomic mass is 10.0. The monoisotopic (exact) mass is 708 g/mol. The Morgan fingerprint density at radius 3 is 1.38 bits per heavy atom. The molecule has 6 nitrogen and oxygen atoms in total. The van der Waals surface area contributed by atoms with Gasteiger partial charge in [0.2, 0.25) is 11.8 Å². The summed E-state index contributed by atoms with van der Waals surface area (Å²) >= 11 is 0. The van der Waals surface area contributed by atoms with E-state index in [-0.39, 0.29) is 23.4 Å². The van der Waals surface area contributed by atoms with E-state index < -0.39 is 0 Å². The molecule has 2 heterocycles. The summed E-state index contributed by atoms with van der Waals surface area (Å²) < 4.78 is 26.4. The molecule has 0 radical (unpaired) electrons. The topological polar surface area (TPSA) is 47.1 Å². The molecule has 2 atom stereocenters.